The molecule has 0 fully saturated rings. The lowest BCUT2D eigenvalue weighted by molar-refractivity contribution is 0.636. The highest BCUT2D eigenvalue weighted by Crippen LogP contribution is 2.32. The van der Waals surface area contributed by atoms with Crippen LogP contribution in [0.2, 0.25) is 5.02 Å². The average Bonchev–Trinajstić information content (AvgIpc) is 3.23. The van der Waals surface area contributed by atoms with E-state index in [0.29, 0.717) is 27.6 Å². The summed E-state index contributed by atoms with van der Waals surface area (Å²) in [7, 11) is 0. The Morgan fingerprint density at radius 3 is 2.77 bits per heavy atom. The molecule has 0 spiro atoms. The van der Waals surface area contributed by atoms with Gasteiger partial charge in [-0.2, -0.15) is 12.6 Å². The summed E-state index contributed by atoms with van der Waals surface area (Å²) in [6.45, 7) is 0. The predicted octanol–water partition coefficient (Wildman–Crippen LogP) is 3.86. The molecule has 0 aliphatic heterocycles. The largest absolute Gasteiger partial charge is 0.329 e. The third-order valence-corrected chi connectivity index (χ3v) is 5.51. The number of fused-ring (bicyclic) bond motifs is 2. The standard InChI is InChI=1S/C20H12ClFN6OS/c21-10-4-1-2-7-13(10)28-19(27-12-6-3-5-11(22)14(12)20(28)29)17(30)15-16-18(25-8-23-15)26-9-24-16/h1-9,17,30H,(H,23,24,25,26). The first-order valence-electron chi connectivity index (χ1n) is 8.84. The first kappa shape index (κ1) is 18.7. The molecule has 30 heavy (non-hydrogen) atoms. The number of thiol groups is 1. The van der Waals surface area contributed by atoms with Crippen LogP contribution in [-0.4, -0.2) is 29.5 Å². The molecule has 0 saturated heterocycles. The molecule has 5 rings (SSSR count). The van der Waals surface area contributed by atoms with Gasteiger partial charge < -0.3 is 4.98 Å². The van der Waals surface area contributed by atoms with E-state index in [4.69, 9.17) is 24.2 Å². The fourth-order valence-electron chi connectivity index (χ4n) is 3.36. The number of hydrogen-bond acceptors (Lipinski definition) is 6. The van der Waals surface area contributed by atoms with Crippen molar-refractivity contribution in [1.82, 2.24) is 29.5 Å². The summed E-state index contributed by atoms with van der Waals surface area (Å²) in [5, 5.41) is -0.587. The van der Waals surface area contributed by atoms with Gasteiger partial charge in [-0.15, -0.1) is 0 Å². The highest BCUT2D eigenvalue weighted by molar-refractivity contribution is 7.80. The number of H-pyrrole nitrogens is 1. The number of hydrogen-bond donors (Lipinski definition) is 2. The normalized spacial score (nSPS) is 12.5. The lowest BCUT2D eigenvalue weighted by atomic mass is 10.2. The van der Waals surface area contributed by atoms with Gasteiger partial charge in [0, 0.05) is 0 Å². The monoisotopic (exact) mass is 438 g/mol. The number of nitrogens with one attached hydrogen (secondary N) is 1. The zero-order valence-electron chi connectivity index (χ0n) is 15.1. The minimum atomic E-state index is -0.768. The molecule has 1 N–H and O–H groups in total. The highest BCUT2D eigenvalue weighted by atomic mass is 35.5. The van der Waals surface area contributed by atoms with Crippen molar-refractivity contribution in [1.29, 1.82) is 0 Å². The molecule has 0 amide bonds. The Hall–Kier alpha value is -3.30. The Morgan fingerprint density at radius 1 is 1.10 bits per heavy atom. The van der Waals surface area contributed by atoms with Gasteiger partial charge in [-0.25, -0.2) is 24.3 Å². The van der Waals surface area contributed by atoms with Gasteiger partial charge in [-0.3, -0.25) is 9.36 Å². The van der Waals surface area contributed by atoms with Gasteiger partial charge in [0.1, 0.15) is 34.1 Å². The summed E-state index contributed by atoms with van der Waals surface area (Å²) < 4.78 is 15.8. The average molecular weight is 439 g/mol. The molecule has 0 aliphatic rings. The van der Waals surface area contributed by atoms with Gasteiger partial charge in [0.25, 0.3) is 5.56 Å². The number of halogens is 2. The van der Waals surface area contributed by atoms with Crippen molar-refractivity contribution in [2.45, 2.75) is 5.25 Å². The Morgan fingerprint density at radius 2 is 1.93 bits per heavy atom. The topological polar surface area (TPSA) is 89.3 Å². The van der Waals surface area contributed by atoms with E-state index in [1.807, 2.05) is 0 Å². The van der Waals surface area contributed by atoms with Crippen LogP contribution in [-0.2, 0) is 0 Å². The first-order chi connectivity index (χ1) is 14.6. The van der Waals surface area contributed by atoms with Crippen LogP contribution in [0.1, 0.15) is 16.8 Å². The molecule has 0 radical (unpaired) electrons. The van der Waals surface area contributed by atoms with E-state index in [-0.39, 0.29) is 16.7 Å². The van der Waals surface area contributed by atoms with Crippen LogP contribution in [0.3, 0.4) is 0 Å². The van der Waals surface area contributed by atoms with E-state index in [1.54, 1.807) is 30.3 Å². The minimum Gasteiger partial charge on any atom is -0.329 e. The second-order valence-electron chi connectivity index (χ2n) is 6.46. The van der Waals surface area contributed by atoms with Gasteiger partial charge >= 0.3 is 0 Å². The molecule has 3 aromatic heterocycles. The lowest BCUT2D eigenvalue weighted by Gasteiger charge is -2.18. The SMILES string of the molecule is O=c1c2c(F)cccc2nc(C(S)c2ncnc3[nH]cnc23)n1-c1ccccc1Cl. The molecule has 1 unspecified atom stereocenters. The molecule has 3 heterocycles. The van der Waals surface area contributed by atoms with Crippen LogP contribution >= 0.6 is 24.2 Å². The minimum absolute atomic E-state index is 0.130. The lowest BCUT2D eigenvalue weighted by Crippen LogP contribution is -2.26. The quantitative estimate of drug-likeness (QED) is 0.417. The number of aromatic nitrogens is 6. The number of para-hydroxylation sites is 1. The van der Waals surface area contributed by atoms with Gasteiger partial charge in [0.05, 0.1) is 28.2 Å². The third kappa shape index (κ3) is 2.86. The van der Waals surface area contributed by atoms with E-state index in [2.05, 4.69) is 24.9 Å². The maximum absolute atomic E-state index is 14.5. The first-order valence-corrected chi connectivity index (χ1v) is 9.74. The smallest absolute Gasteiger partial charge is 0.269 e. The van der Waals surface area contributed by atoms with Crippen molar-refractivity contribution in [2.24, 2.45) is 0 Å². The third-order valence-electron chi connectivity index (χ3n) is 4.72. The highest BCUT2D eigenvalue weighted by Gasteiger charge is 2.25. The molecule has 0 saturated carbocycles. The fourth-order valence-corrected chi connectivity index (χ4v) is 3.94. The summed E-state index contributed by atoms with van der Waals surface area (Å²) in [6, 6.07) is 11.1. The van der Waals surface area contributed by atoms with Crippen molar-refractivity contribution in [3.63, 3.8) is 0 Å². The molecule has 1 atom stereocenters. The number of imidazole rings is 1. The second-order valence-corrected chi connectivity index (χ2v) is 7.38. The Balaban J connectivity index is 1.87. The number of benzene rings is 2. The molecular weight excluding hydrogens is 427 g/mol. The maximum atomic E-state index is 14.5. The fraction of sp³-hybridized carbons (Fsp3) is 0.0500. The number of aromatic amines is 1. The van der Waals surface area contributed by atoms with Crippen molar-refractivity contribution in [2.75, 3.05) is 0 Å². The van der Waals surface area contributed by atoms with Gasteiger partial charge in [-0.05, 0) is 24.3 Å². The second kappa shape index (κ2) is 7.19. The Labute approximate surface area is 179 Å². The van der Waals surface area contributed by atoms with Crippen LogP contribution in [0.15, 0.2) is 59.9 Å². The van der Waals surface area contributed by atoms with Crippen LogP contribution in [0.25, 0.3) is 27.8 Å². The summed E-state index contributed by atoms with van der Waals surface area (Å²) in [5.41, 5.74) is 1.46. The van der Waals surface area contributed by atoms with Crippen molar-refractivity contribution >= 4 is 46.3 Å². The molecule has 7 nitrogen and oxygen atoms in total. The van der Waals surface area contributed by atoms with E-state index >= 15 is 0 Å². The molecule has 10 heteroatoms. The number of nitrogens with zero attached hydrogens (tertiary/aromatic N) is 5. The zero-order chi connectivity index (χ0) is 20.8. The zero-order valence-corrected chi connectivity index (χ0v) is 16.8. The predicted molar refractivity (Wildman–Crippen MR) is 115 cm³/mol. The van der Waals surface area contributed by atoms with E-state index in [1.165, 1.54) is 29.4 Å². The van der Waals surface area contributed by atoms with Gasteiger partial charge in [-0.1, -0.05) is 29.8 Å². The molecule has 2 aromatic carbocycles. The van der Waals surface area contributed by atoms with Crippen molar-refractivity contribution < 1.29 is 4.39 Å². The van der Waals surface area contributed by atoms with E-state index in [9.17, 15) is 9.18 Å². The molecule has 0 aliphatic carbocycles. The molecule has 0 bridgehead atoms. The van der Waals surface area contributed by atoms with Gasteiger partial charge in [0.2, 0.25) is 0 Å². The summed E-state index contributed by atoms with van der Waals surface area (Å²) in [4.78, 5) is 33.6. The van der Waals surface area contributed by atoms with E-state index < -0.39 is 16.6 Å². The summed E-state index contributed by atoms with van der Waals surface area (Å²) in [6.07, 6.45) is 2.87. The van der Waals surface area contributed by atoms with E-state index in [0.717, 1.165) is 0 Å². The van der Waals surface area contributed by atoms with Crippen molar-refractivity contribution in [3.8, 4) is 5.69 Å². The summed E-state index contributed by atoms with van der Waals surface area (Å²) in [5.74, 6) is -0.428. The number of rotatable bonds is 3. The Kier molecular flexibility index (Phi) is 4.48. The molecular formula is C20H12ClFN6OS. The van der Waals surface area contributed by atoms with Crippen LogP contribution in [0, 0.1) is 5.82 Å². The van der Waals surface area contributed by atoms with Crippen LogP contribution < -0.4 is 5.56 Å². The summed E-state index contributed by atoms with van der Waals surface area (Å²) >= 11 is 11.1. The van der Waals surface area contributed by atoms with Crippen molar-refractivity contribution in [3.05, 3.63) is 87.8 Å². The Bertz CT molecular complexity index is 1480. The van der Waals surface area contributed by atoms with Crippen LogP contribution in [0.5, 0.6) is 0 Å². The van der Waals surface area contributed by atoms with Crippen LogP contribution in [0.4, 0.5) is 4.39 Å². The maximum Gasteiger partial charge on any atom is 0.269 e. The molecule has 5 aromatic rings. The van der Waals surface area contributed by atoms with Gasteiger partial charge in [0.15, 0.2) is 5.65 Å². The molecule has 148 valence electrons.